The molecule has 0 radical (unpaired) electrons. The predicted octanol–water partition coefficient (Wildman–Crippen LogP) is 0.162. The van der Waals surface area contributed by atoms with Crippen molar-refractivity contribution in [2.75, 3.05) is 5.73 Å². The summed E-state index contributed by atoms with van der Waals surface area (Å²) in [5, 5.41) is 8.92. The topological polar surface area (TPSA) is 92.0 Å². The van der Waals surface area contributed by atoms with Crippen LogP contribution in [0.25, 0.3) is 0 Å². The van der Waals surface area contributed by atoms with Gasteiger partial charge in [-0.25, -0.2) is 0 Å². The molecule has 0 fully saturated rings. The van der Waals surface area contributed by atoms with Gasteiger partial charge in [-0.05, 0) is 0 Å². The van der Waals surface area contributed by atoms with Gasteiger partial charge in [0.05, 0.1) is 12.0 Å². The Balaban J connectivity index is 3.16. The third kappa shape index (κ3) is 2.38. The van der Waals surface area contributed by atoms with E-state index >= 15 is 0 Å². The molecule has 1 rings (SSSR count). The zero-order chi connectivity index (χ0) is 10.9. The normalized spacial score (nSPS) is 11.6. The van der Waals surface area contributed by atoms with Crippen molar-refractivity contribution in [3.8, 4) is 5.88 Å². The number of hydrogen-bond donors (Lipinski definition) is 3. The molecular weight excluding hydrogens is 203 g/mol. The Hall–Kier alpha value is -1.73. The standard InChI is InChI=1S/C6H6F3N3O2/c7-6(8,9)1-2-3(13)11-5(10)12-4(2)14/h1H2,(H4,10,11,12,13,14). The largest absolute Gasteiger partial charge is 0.493 e. The molecule has 0 unspecified atom stereocenters. The van der Waals surface area contributed by atoms with Crippen molar-refractivity contribution in [2.45, 2.75) is 12.6 Å². The van der Waals surface area contributed by atoms with Crippen molar-refractivity contribution in [1.29, 1.82) is 0 Å². The van der Waals surface area contributed by atoms with Gasteiger partial charge in [0, 0.05) is 0 Å². The van der Waals surface area contributed by atoms with Crippen LogP contribution in [0.5, 0.6) is 5.88 Å². The molecular formula is C6H6F3N3O2. The highest BCUT2D eigenvalue weighted by Gasteiger charge is 2.31. The van der Waals surface area contributed by atoms with Crippen LogP contribution in [0.2, 0.25) is 0 Å². The number of alkyl halides is 3. The molecule has 1 aromatic rings. The SMILES string of the molecule is Nc1nc(O)c(CC(F)(F)F)c(=O)[nH]1. The van der Waals surface area contributed by atoms with Crippen LogP contribution in [0.3, 0.4) is 0 Å². The number of nitrogens with two attached hydrogens (primary N) is 1. The lowest BCUT2D eigenvalue weighted by Gasteiger charge is -2.06. The van der Waals surface area contributed by atoms with Gasteiger partial charge in [-0.3, -0.25) is 9.78 Å². The average Bonchev–Trinajstić information content (AvgIpc) is 1.95. The Labute approximate surface area is 75.4 Å². The van der Waals surface area contributed by atoms with Crippen LogP contribution in [0.4, 0.5) is 19.1 Å². The van der Waals surface area contributed by atoms with E-state index in [0.717, 1.165) is 0 Å². The molecule has 0 bridgehead atoms. The van der Waals surface area contributed by atoms with Crippen LogP contribution in [0, 0.1) is 0 Å². The fourth-order valence-electron chi connectivity index (χ4n) is 0.863. The molecule has 0 saturated heterocycles. The molecule has 8 heteroatoms. The first-order chi connectivity index (χ1) is 6.29. The molecule has 5 nitrogen and oxygen atoms in total. The molecule has 0 aliphatic carbocycles. The van der Waals surface area contributed by atoms with Gasteiger partial charge in [-0.15, -0.1) is 0 Å². The molecule has 1 heterocycles. The molecule has 0 aliphatic heterocycles. The summed E-state index contributed by atoms with van der Waals surface area (Å²) >= 11 is 0. The highest BCUT2D eigenvalue weighted by molar-refractivity contribution is 5.29. The summed E-state index contributed by atoms with van der Waals surface area (Å²) in [6.45, 7) is 0. The lowest BCUT2D eigenvalue weighted by molar-refractivity contribution is -0.127. The van der Waals surface area contributed by atoms with Crippen LogP contribution in [-0.4, -0.2) is 21.3 Å². The minimum absolute atomic E-state index is 0.432. The smallest absolute Gasteiger partial charge is 0.393 e. The molecule has 78 valence electrons. The molecule has 0 aromatic carbocycles. The lowest BCUT2D eigenvalue weighted by Crippen LogP contribution is -2.22. The zero-order valence-electron chi connectivity index (χ0n) is 6.72. The monoisotopic (exact) mass is 209 g/mol. The van der Waals surface area contributed by atoms with E-state index in [4.69, 9.17) is 10.8 Å². The van der Waals surface area contributed by atoms with Gasteiger partial charge in [0.2, 0.25) is 11.8 Å². The van der Waals surface area contributed by atoms with Gasteiger partial charge >= 0.3 is 6.18 Å². The third-order valence-electron chi connectivity index (χ3n) is 1.39. The van der Waals surface area contributed by atoms with Crippen molar-refractivity contribution < 1.29 is 18.3 Å². The van der Waals surface area contributed by atoms with Crippen LogP contribution in [0.1, 0.15) is 5.56 Å². The summed E-state index contributed by atoms with van der Waals surface area (Å²) < 4.78 is 35.6. The first-order valence-corrected chi connectivity index (χ1v) is 3.44. The van der Waals surface area contributed by atoms with E-state index in [0.29, 0.717) is 0 Å². The van der Waals surface area contributed by atoms with E-state index in [1.807, 2.05) is 4.98 Å². The van der Waals surface area contributed by atoms with Crippen molar-refractivity contribution in [3.05, 3.63) is 15.9 Å². The maximum atomic E-state index is 11.9. The Morgan fingerprint density at radius 3 is 2.50 bits per heavy atom. The van der Waals surface area contributed by atoms with Crippen molar-refractivity contribution in [3.63, 3.8) is 0 Å². The minimum atomic E-state index is -4.58. The summed E-state index contributed by atoms with van der Waals surface area (Å²) in [5.74, 6) is -1.43. The molecule has 4 N–H and O–H groups in total. The van der Waals surface area contributed by atoms with E-state index in [1.165, 1.54) is 0 Å². The number of H-pyrrole nitrogens is 1. The average molecular weight is 209 g/mol. The van der Waals surface area contributed by atoms with Crippen molar-refractivity contribution in [2.24, 2.45) is 0 Å². The molecule has 0 amide bonds. The zero-order valence-corrected chi connectivity index (χ0v) is 6.72. The number of aromatic hydroxyl groups is 1. The van der Waals surface area contributed by atoms with E-state index in [2.05, 4.69) is 4.98 Å². The van der Waals surface area contributed by atoms with Crippen molar-refractivity contribution >= 4 is 5.95 Å². The Bertz CT molecular complexity index is 398. The summed E-state index contributed by atoms with van der Waals surface area (Å²) in [4.78, 5) is 15.9. The first-order valence-electron chi connectivity index (χ1n) is 3.44. The number of rotatable bonds is 1. The maximum absolute atomic E-state index is 11.9. The fourth-order valence-corrected chi connectivity index (χ4v) is 0.863. The Morgan fingerprint density at radius 1 is 1.50 bits per heavy atom. The number of aromatic nitrogens is 2. The molecule has 0 spiro atoms. The predicted molar refractivity (Wildman–Crippen MR) is 40.7 cm³/mol. The van der Waals surface area contributed by atoms with Gasteiger partial charge in [-0.2, -0.15) is 18.2 Å². The number of nitrogens with zero attached hydrogens (tertiary/aromatic N) is 1. The Morgan fingerprint density at radius 2 is 2.07 bits per heavy atom. The van der Waals surface area contributed by atoms with E-state index < -0.39 is 35.5 Å². The minimum Gasteiger partial charge on any atom is -0.493 e. The van der Waals surface area contributed by atoms with Gasteiger partial charge in [-0.1, -0.05) is 0 Å². The number of nitrogen functional groups attached to an aromatic ring is 1. The Kier molecular flexibility index (Phi) is 2.37. The molecule has 1 aromatic heterocycles. The van der Waals surface area contributed by atoms with Gasteiger partial charge in [0.25, 0.3) is 5.56 Å². The molecule has 0 saturated carbocycles. The second kappa shape index (κ2) is 3.20. The third-order valence-corrected chi connectivity index (χ3v) is 1.39. The second-order valence-electron chi connectivity index (χ2n) is 2.55. The summed E-state index contributed by atoms with van der Waals surface area (Å²) in [6, 6.07) is 0. The fraction of sp³-hybridized carbons (Fsp3) is 0.333. The lowest BCUT2D eigenvalue weighted by atomic mass is 10.2. The number of hydrogen-bond acceptors (Lipinski definition) is 4. The summed E-state index contributed by atoms with van der Waals surface area (Å²) in [7, 11) is 0. The molecule has 0 atom stereocenters. The number of anilines is 1. The van der Waals surface area contributed by atoms with Gasteiger partial charge in [0.15, 0.2) is 0 Å². The maximum Gasteiger partial charge on any atom is 0.393 e. The number of halogens is 3. The van der Waals surface area contributed by atoms with Gasteiger partial charge in [0.1, 0.15) is 0 Å². The molecule has 14 heavy (non-hydrogen) atoms. The highest BCUT2D eigenvalue weighted by atomic mass is 19.4. The highest BCUT2D eigenvalue weighted by Crippen LogP contribution is 2.23. The number of aromatic amines is 1. The van der Waals surface area contributed by atoms with Crippen molar-refractivity contribution in [1.82, 2.24) is 9.97 Å². The van der Waals surface area contributed by atoms with E-state index in [-0.39, 0.29) is 0 Å². The van der Waals surface area contributed by atoms with Crippen LogP contribution in [-0.2, 0) is 6.42 Å². The van der Waals surface area contributed by atoms with Crippen LogP contribution >= 0.6 is 0 Å². The summed E-state index contributed by atoms with van der Waals surface area (Å²) in [6.07, 6.45) is -6.12. The van der Waals surface area contributed by atoms with Crippen LogP contribution < -0.4 is 11.3 Å². The van der Waals surface area contributed by atoms with Gasteiger partial charge < -0.3 is 10.8 Å². The summed E-state index contributed by atoms with van der Waals surface area (Å²) in [5.41, 5.74) is 3.05. The van der Waals surface area contributed by atoms with Crippen LogP contribution in [0.15, 0.2) is 4.79 Å². The quantitative estimate of drug-likeness (QED) is 0.614. The first kappa shape index (κ1) is 10.4. The second-order valence-corrected chi connectivity index (χ2v) is 2.55. The molecule has 0 aliphatic rings. The van der Waals surface area contributed by atoms with E-state index in [1.54, 1.807) is 0 Å². The van der Waals surface area contributed by atoms with E-state index in [9.17, 15) is 18.0 Å². The number of nitrogens with one attached hydrogen (secondary N) is 1.